The third-order valence-electron chi connectivity index (χ3n) is 2.95. The molecule has 0 unspecified atom stereocenters. The van der Waals surface area contributed by atoms with Crippen LogP contribution in [0.5, 0.6) is 0 Å². The van der Waals surface area contributed by atoms with Crippen molar-refractivity contribution in [3.8, 4) is 0 Å². The Kier molecular flexibility index (Phi) is 6.79. The first kappa shape index (κ1) is 17.5. The van der Waals surface area contributed by atoms with E-state index in [1.54, 1.807) is 18.3 Å². The zero-order chi connectivity index (χ0) is 17.2. The van der Waals surface area contributed by atoms with Crippen molar-refractivity contribution >= 4 is 35.2 Å². The molecule has 2 aromatic rings. The summed E-state index contributed by atoms with van der Waals surface area (Å²) in [7, 11) is 0. The first-order valence-corrected chi connectivity index (χ1v) is 8.16. The standard InChI is InChI=1S/C18H17N3O2S/c19-18(24-13-16-4-2-1-3-5-16)21-20-12-15-8-6-14(7-9-15)10-11-17(22)23/h1-12H,13H2,(H2,19,21)(H,22,23). The van der Waals surface area contributed by atoms with Crippen LogP contribution in [-0.2, 0) is 10.5 Å². The zero-order valence-electron chi connectivity index (χ0n) is 12.9. The number of amidine groups is 1. The van der Waals surface area contributed by atoms with E-state index in [9.17, 15) is 4.79 Å². The number of carboxylic acid groups (broad SMARTS) is 1. The Morgan fingerprint density at radius 3 is 2.42 bits per heavy atom. The van der Waals surface area contributed by atoms with Gasteiger partial charge in [0.05, 0.1) is 6.21 Å². The topological polar surface area (TPSA) is 88.0 Å². The number of carbonyl (C=O) groups is 1. The molecule has 0 saturated carbocycles. The lowest BCUT2D eigenvalue weighted by Crippen LogP contribution is -2.05. The molecule has 0 heterocycles. The predicted octanol–water partition coefficient (Wildman–Crippen LogP) is 3.37. The largest absolute Gasteiger partial charge is 0.478 e. The summed E-state index contributed by atoms with van der Waals surface area (Å²) in [6.07, 6.45) is 4.22. The summed E-state index contributed by atoms with van der Waals surface area (Å²) >= 11 is 1.43. The number of nitrogens with zero attached hydrogens (tertiary/aromatic N) is 2. The van der Waals surface area contributed by atoms with Gasteiger partial charge in [-0.2, -0.15) is 5.10 Å². The number of benzene rings is 2. The van der Waals surface area contributed by atoms with Crippen molar-refractivity contribution in [1.82, 2.24) is 0 Å². The summed E-state index contributed by atoms with van der Waals surface area (Å²) in [5, 5.41) is 16.9. The fraction of sp³-hybridized carbons (Fsp3) is 0.0556. The molecule has 0 spiro atoms. The molecule has 0 fully saturated rings. The van der Waals surface area contributed by atoms with Crippen LogP contribution < -0.4 is 5.73 Å². The number of nitrogens with two attached hydrogens (primary N) is 1. The van der Waals surface area contributed by atoms with Crippen LogP contribution >= 0.6 is 11.8 Å². The highest BCUT2D eigenvalue weighted by Crippen LogP contribution is 2.11. The Hall–Kier alpha value is -2.86. The van der Waals surface area contributed by atoms with E-state index in [2.05, 4.69) is 10.2 Å². The summed E-state index contributed by atoms with van der Waals surface area (Å²) in [5.41, 5.74) is 8.64. The van der Waals surface area contributed by atoms with Crippen LogP contribution in [0.4, 0.5) is 0 Å². The van der Waals surface area contributed by atoms with Gasteiger partial charge in [-0.1, -0.05) is 66.4 Å². The van der Waals surface area contributed by atoms with E-state index in [0.717, 1.165) is 23.0 Å². The molecule has 0 saturated heterocycles. The Bertz CT molecular complexity index is 754. The van der Waals surface area contributed by atoms with E-state index in [1.807, 2.05) is 42.5 Å². The van der Waals surface area contributed by atoms with Crippen LogP contribution in [0.3, 0.4) is 0 Å². The minimum absolute atomic E-state index is 0.399. The van der Waals surface area contributed by atoms with Crippen molar-refractivity contribution in [3.63, 3.8) is 0 Å². The second-order valence-electron chi connectivity index (χ2n) is 4.80. The van der Waals surface area contributed by atoms with Crippen molar-refractivity contribution in [3.05, 3.63) is 77.4 Å². The molecule has 2 rings (SSSR count). The summed E-state index contributed by atoms with van der Waals surface area (Å²) in [4.78, 5) is 10.5. The van der Waals surface area contributed by atoms with Gasteiger partial charge in [-0.05, 0) is 22.8 Å². The van der Waals surface area contributed by atoms with Crippen LogP contribution in [0, 0.1) is 0 Å². The average Bonchev–Trinajstić information content (AvgIpc) is 2.60. The van der Waals surface area contributed by atoms with E-state index in [1.165, 1.54) is 23.4 Å². The number of rotatable bonds is 6. The smallest absolute Gasteiger partial charge is 0.328 e. The molecule has 0 amide bonds. The van der Waals surface area contributed by atoms with Crippen molar-refractivity contribution in [2.45, 2.75) is 5.75 Å². The average molecular weight is 339 g/mol. The maximum atomic E-state index is 10.5. The Morgan fingerprint density at radius 1 is 1.08 bits per heavy atom. The number of aliphatic carboxylic acids is 1. The van der Waals surface area contributed by atoms with E-state index in [4.69, 9.17) is 10.8 Å². The third kappa shape index (κ3) is 6.50. The first-order valence-electron chi connectivity index (χ1n) is 7.18. The van der Waals surface area contributed by atoms with Gasteiger partial charge in [-0.25, -0.2) is 4.79 Å². The van der Waals surface area contributed by atoms with Gasteiger partial charge in [0.15, 0.2) is 5.17 Å². The van der Waals surface area contributed by atoms with E-state index in [0.29, 0.717) is 5.17 Å². The van der Waals surface area contributed by atoms with E-state index >= 15 is 0 Å². The zero-order valence-corrected chi connectivity index (χ0v) is 13.7. The van der Waals surface area contributed by atoms with Crippen molar-refractivity contribution < 1.29 is 9.90 Å². The fourth-order valence-electron chi connectivity index (χ4n) is 1.77. The molecular weight excluding hydrogens is 322 g/mol. The summed E-state index contributed by atoms with van der Waals surface area (Å²) in [6.45, 7) is 0. The highest BCUT2D eigenvalue weighted by atomic mass is 32.2. The van der Waals surface area contributed by atoms with Crippen molar-refractivity contribution in [1.29, 1.82) is 0 Å². The van der Waals surface area contributed by atoms with Gasteiger partial charge < -0.3 is 10.8 Å². The van der Waals surface area contributed by atoms with Crippen molar-refractivity contribution in [2.24, 2.45) is 15.9 Å². The molecule has 0 radical (unpaired) electrons. The van der Waals surface area contributed by atoms with Gasteiger partial charge in [0, 0.05) is 11.8 Å². The highest BCUT2D eigenvalue weighted by Gasteiger charge is 1.96. The quantitative estimate of drug-likeness (QED) is 0.365. The highest BCUT2D eigenvalue weighted by molar-refractivity contribution is 8.13. The van der Waals surface area contributed by atoms with E-state index < -0.39 is 5.97 Å². The second-order valence-corrected chi connectivity index (χ2v) is 5.79. The lowest BCUT2D eigenvalue weighted by atomic mass is 10.1. The molecule has 5 nitrogen and oxygen atoms in total. The minimum atomic E-state index is -0.974. The molecule has 6 heteroatoms. The molecule has 0 aliphatic rings. The third-order valence-corrected chi connectivity index (χ3v) is 3.80. The molecule has 0 aliphatic heterocycles. The van der Waals surface area contributed by atoms with Crippen molar-refractivity contribution in [2.75, 3.05) is 0 Å². The Morgan fingerprint density at radius 2 is 1.75 bits per heavy atom. The molecule has 3 N–H and O–H groups in total. The fourth-order valence-corrected chi connectivity index (χ4v) is 2.39. The SMILES string of the molecule is NC(=NN=Cc1ccc(C=CC(=O)O)cc1)SCc1ccccc1. The number of thioether (sulfide) groups is 1. The van der Waals surface area contributed by atoms with Crippen LogP contribution in [-0.4, -0.2) is 22.5 Å². The van der Waals surface area contributed by atoms with Gasteiger partial charge in [-0.15, -0.1) is 5.10 Å². The van der Waals surface area contributed by atoms with Gasteiger partial charge >= 0.3 is 5.97 Å². The van der Waals surface area contributed by atoms with Gasteiger partial charge in [0.25, 0.3) is 0 Å². The molecule has 2 aromatic carbocycles. The maximum Gasteiger partial charge on any atom is 0.328 e. The molecule has 0 atom stereocenters. The molecule has 24 heavy (non-hydrogen) atoms. The monoisotopic (exact) mass is 339 g/mol. The summed E-state index contributed by atoms with van der Waals surface area (Å²) < 4.78 is 0. The van der Waals surface area contributed by atoms with Crippen LogP contribution in [0.25, 0.3) is 6.08 Å². The summed E-state index contributed by atoms with van der Waals surface area (Å²) in [5.74, 6) is -0.227. The predicted molar refractivity (Wildman–Crippen MR) is 100 cm³/mol. The molecule has 0 bridgehead atoms. The normalized spacial score (nSPS) is 12.1. The lowest BCUT2D eigenvalue weighted by molar-refractivity contribution is -0.131. The molecule has 0 aromatic heterocycles. The van der Waals surface area contributed by atoms with Crippen LogP contribution in [0.1, 0.15) is 16.7 Å². The first-order chi connectivity index (χ1) is 11.6. The van der Waals surface area contributed by atoms with Gasteiger partial charge in [0.2, 0.25) is 0 Å². The second kappa shape index (κ2) is 9.32. The van der Waals surface area contributed by atoms with Crippen LogP contribution in [0.15, 0.2) is 70.9 Å². The molecule has 122 valence electrons. The van der Waals surface area contributed by atoms with Gasteiger partial charge in [0.1, 0.15) is 0 Å². The molecular formula is C18H17N3O2S. The lowest BCUT2D eigenvalue weighted by Gasteiger charge is -1.99. The van der Waals surface area contributed by atoms with E-state index in [-0.39, 0.29) is 0 Å². The molecule has 0 aliphatic carbocycles. The number of hydrogen-bond acceptors (Lipinski definition) is 4. The number of carboxylic acids is 1. The van der Waals surface area contributed by atoms with Gasteiger partial charge in [-0.3, -0.25) is 0 Å². The maximum absolute atomic E-state index is 10.5. The van der Waals surface area contributed by atoms with Crippen LogP contribution in [0.2, 0.25) is 0 Å². The number of hydrogen-bond donors (Lipinski definition) is 2. The Labute approximate surface area is 144 Å². The minimum Gasteiger partial charge on any atom is -0.478 e. The Balaban J connectivity index is 1.87. The summed E-state index contributed by atoms with van der Waals surface area (Å²) in [6, 6.07) is 17.3.